The summed E-state index contributed by atoms with van der Waals surface area (Å²) in [6, 6.07) is 5.45. The van der Waals surface area contributed by atoms with Crippen LogP contribution < -0.4 is 5.06 Å². The maximum Gasteiger partial charge on any atom is 0.428 e. The van der Waals surface area contributed by atoms with Gasteiger partial charge in [-0.2, -0.15) is 31.4 Å². The summed E-state index contributed by atoms with van der Waals surface area (Å²) in [5.74, 6) is -6.07. The largest absolute Gasteiger partial charge is 0.481 e. The summed E-state index contributed by atoms with van der Waals surface area (Å²) in [5, 5.41) is 18.0. The minimum absolute atomic E-state index is 0.558. The second kappa shape index (κ2) is 5.74. The highest BCUT2D eigenvalue weighted by molar-refractivity contribution is 5.75. The van der Waals surface area contributed by atoms with Crippen LogP contribution in [0.1, 0.15) is 6.92 Å². The molecule has 5 nitrogen and oxygen atoms in total. The molecule has 0 amide bonds. The molecule has 1 aromatic carbocycles. The third-order valence-electron chi connectivity index (χ3n) is 3.72. The van der Waals surface area contributed by atoms with Crippen LogP contribution in [-0.4, -0.2) is 34.1 Å². The Hall–Kier alpha value is -2.59. The normalized spacial score (nSPS) is 18.9. The maximum atomic E-state index is 13.7. The van der Waals surface area contributed by atoms with Crippen molar-refractivity contribution >= 4 is 11.7 Å². The Morgan fingerprint density at radius 1 is 1.12 bits per heavy atom. The lowest BCUT2D eigenvalue weighted by Crippen LogP contribution is -2.67. The number of carboxylic acids is 1. The lowest BCUT2D eigenvalue weighted by Gasteiger charge is -2.41. The number of benzene rings is 1. The maximum absolute atomic E-state index is 13.7. The molecule has 0 aromatic heterocycles. The van der Waals surface area contributed by atoms with E-state index in [0.717, 1.165) is 24.3 Å². The van der Waals surface area contributed by atoms with Crippen molar-refractivity contribution in [3.8, 4) is 0 Å². The Morgan fingerprint density at radius 2 is 1.60 bits per heavy atom. The number of hydrogen-bond acceptors (Lipinski definition) is 4. The molecular formula is C14H11F6NO4. The van der Waals surface area contributed by atoms with E-state index >= 15 is 0 Å². The van der Waals surface area contributed by atoms with E-state index in [1.54, 1.807) is 0 Å². The van der Waals surface area contributed by atoms with Crippen LogP contribution in [0.4, 0.5) is 32.0 Å². The van der Waals surface area contributed by atoms with Gasteiger partial charge in [0, 0.05) is 0 Å². The number of anilines is 1. The van der Waals surface area contributed by atoms with Crippen molar-refractivity contribution in [1.29, 1.82) is 0 Å². The van der Waals surface area contributed by atoms with Crippen molar-refractivity contribution in [2.45, 2.75) is 24.8 Å². The van der Waals surface area contributed by atoms with E-state index in [4.69, 9.17) is 5.11 Å². The molecule has 0 spiro atoms. The van der Waals surface area contributed by atoms with E-state index in [0.29, 0.717) is 6.92 Å². The highest BCUT2D eigenvalue weighted by atomic mass is 19.4. The van der Waals surface area contributed by atoms with Crippen molar-refractivity contribution < 1.29 is 46.2 Å². The van der Waals surface area contributed by atoms with Gasteiger partial charge in [-0.25, -0.2) is 0 Å². The molecule has 138 valence electrons. The summed E-state index contributed by atoms with van der Waals surface area (Å²) in [6.07, 6.45) is -12.1. The molecule has 1 aliphatic rings. The van der Waals surface area contributed by atoms with Gasteiger partial charge in [-0.05, 0) is 19.1 Å². The van der Waals surface area contributed by atoms with Gasteiger partial charge in [0.1, 0.15) is 0 Å². The molecule has 1 atom stereocenters. The van der Waals surface area contributed by atoms with E-state index in [2.05, 4.69) is 4.84 Å². The van der Waals surface area contributed by atoms with Gasteiger partial charge < -0.3 is 15.1 Å². The van der Waals surface area contributed by atoms with E-state index in [-0.39, 0.29) is 0 Å². The molecular weight excluding hydrogens is 360 g/mol. The molecule has 2 N–H and O–H groups in total. The lowest BCUT2D eigenvalue weighted by molar-refractivity contribution is -0.293. The second-order valence-electron chi connectivity index (χ2n) is 5.21. The number of aliphatic carboxylic acids is 1. The predicted molar refractivity (Wildman–Crippen MR) is 71.3 cm³/mol. The minimum atomic E-state index is -6.05. The Bertz CT molecular complexity index is 684. The molecule has 25 heavy (non-hydrogen) atoms. The fourth-order valence-electron chi connectivity index (χ4n) is 2.60. The van der Waals surface area contributed by atoms with Gasteiger partial charge >= 0.3 is 24.3 Å². The first-order valence-corrected chi connectivity index (χ1v) is 6.68. The Kier molecular flexibility index (Phi) is 4.31. The Morgan fingerprint density at radius 3 is 2.00 bits per heavy atom. The molecule has 0 aliphatic carbocycles. The van der Waals surface area contributed by atoms with Crippen LogP contribution in [0.3, 0.4) is 0 Å². The zero-order valence-electron chi connectivity index (χ0n) is 12.4. The number of para-hydroxylation sites is 1. The number of carbonyl (C=O) groups is 1. The monoisotopic (exact) mass is 371 g/mol. The standard InChI is InChI=1S/C14H11F6NO4/c1-7(10(22)23)9-11(24)25-21(8-5-3-2-4-6-8)12(9,13(15,16)17)14(18,19)20/h2-7,24H,1H3,(H,22,23). The molecule has 1 aliphatic heterocycles. The summed E-state index contributed by atoms with van der Waals surface area (Å²) in [7, 11) is 0. The molecule has 1 unspecified atom stereocenters. The molecule has 0 radical (unpaired) electrons. The van der Waals surface area contributed by atoms with Gasteiger partial charge in [0.2, 0.25) is 0 Å². The van der Waals surface area contributed by atoms with E-state index in [1.165, 1.54) is 6.07 Å². The lowest BCUT2D eigenvalue weighted by atomic mass is 9.80. The SMILES string of the molecule is CC(C(=O)O)C1=C(O)ON(c2ccccc2)C1(C(F)(F)F)C(F)(F)F. The highest BCUT2D eigenvalue weighted by Gasteiger charge is 2.81. The van der Waals surface area contributed by atoms with Crippen molar-refractivity contribution in [1.82, 2.24) is 0 Å². The van der Waals surface area contributed by atoms with Crippen molar-refractivity contribution in [3.63, 3.8) is 0 Å². The smallest absolute Gasteiger partial charge is 0.428 e. The zero-order valence-corrected chi connectivity index (χ0v) is 12.4. The third-order valence-corrected chi connectivity index (χ3v) is 3.72. The van der Waals surface area contributed by atoms with Crippen LogP contribution in [0.2, 0.25) is 0 Å². The molecule has 0 saturated heterocycles. The summed E-state index contributed by atoms with van der Waals surface area (Å²) in [6.45, 7) is 0.595. The molecule has 0 saturated carbocycles. The summed E-state index contributed by atoms with van der Waals surface area (Å²) in [4.78, 5) is 15.4. The van der Waals surface area contributed by atoms with Crippen molar-refractivity contribution in [2.24, 2.45) is 5.92 Å². The number of alkyl halides is 6. The van der Waals surface area contributed by atoms with Crippen LogP contribution in [0.15, 0.2) is 41.9 Å². The minimum Gasteiger partial charge on any atom is -0.481 e. The van der Waals surface area contributed by atoms with E-state index < -0.39 is 52.0 Å². The number of carboxylic acid groups (broad SMARTS) is 1. The average molecular weight is 371 g/mol. The number of hydrogen-bond donors (Lipinski definition) is 2. The quantitative estimate of drug-likeness (QED) is 0.792. The summed E-state index contributed by atoms with van der Waals surface area (Å²) < 4.78 is 82.3. The first kappa shape index (κ1) is 18.7. The van der Waals surface area contributed by atoms with Gasteiger partial charge in [0.05, 0.1) is 17.2 Å². The number of rotatable bonds is 3. The molecule has 1 heterocycles. The number of aliphatic hydroxyl groups is 1. The highest BCUT2D eigenvalue weighted by Crippen LogP contribution is 2.58. The number of nitrogens with zero attached hydrogens (tertiary/aromatic N) is 1. The number of hydroxylamine groups is 1. The number of aliphatic hydroxyl groups excluding tert-OH is 1. The first-order chi connectivity index (χ1) is 11.4. The second-order valence-corrected chi connectivity index (χ2v) is 5.21. The van der Waals surface area contributed by atoms with Crippen molar-refractivity contribution in [2.75, 3.05) is 5.06 Å². The molecule has 0 fully saturated rings. The first-order valence-electron chi connectivity index (χ1n) is 6.68. The Balaban J connectivity index is 2.84. The predicted octanol–water partition coefficient (Wildman–Crippen LogP) is 3.79. The van der Waals surface area contributed by atoms with Crippen LogP contribution in [0, 0.1) is 5.92 Å². The zero-order chi connectivity index (χ0) is 19.2. The summed E-state index contributed by atoms with van der Waals surface area (Å²) >= 11 is 0. The average Bonchev–Trinajstić information content (AvgIpc) is 2.81. The van der Waals surface area contributed by atoms with Crippen molar-refractivity contribution in [3.05, 3.63) is 41.9 Å². The molecule has 2 rings (SSSR count). The van der Waals surface area contributed by atoms with Crippen LogP contribution in [0.5, 0.6) is 0 Å². The van der Waals surface area contributed by atoms with Gasteiger partial charge in [0.15, 0.2) is 0 Å². The van der Waals surface area contributed by atoms with Gasteiger partial charge in [0.25, 0.3) is 5.54 Å². The third kappa shape index (κ3) is 2.63. The van der Waals surface area contributed by atoms with Crippen LogP contribution in [0.25, 0.3) is 0 Å². The fraction of sp³-hybridized carbons (Fsp3) is 0.357. The topological polar surface area (TPSA) is 70.0 Å². The van der Waals surface area contributed by atoms with Gasteiger partial charge in [-0.1, -0.05) is 18.2 Å². The molecule has 11 heteroatoms. The fourth-order valence-corrected chi connectivity index (χ4v) is 2.60. The Labute approximate surface area is 136 Å². The van der Waals surface area contributed by atoms with Gasteiger partial charge in [-0.3, -0.25) is 4.79 Å². The van der Waals surface area contributed by atoms with E-state index in [1.807, 2.05) is 0 Å². The van der Waals surface area contributed by atoms with E-state index in [9.17, 15) is 36.2 Å². The summed E-state index contributed by atoms with van der Waals surface area (Å²) in [5.41, 5.74) is -7.37. The van der Waals surface area contributed by atoms with Crippen LogP contribution in [-0.2, 0) is 9.63 Å². The number of halogens is 6. The van der Waals surface area contributed by atoms with Gasteiger partial charge in [-0.15, -0.1) is 0 Å². The van der Waals surface area contributed by atoms with Crippen LogP contribution >= 0.6 is 0 Å². The molecule has 1 aromatic rings. The molecule has 0 bridgehead atoms.